The SMILES string of the molecule is N#Cc1ccc(C(F)(F)F)nc1SC1CCCC1. The summed E-state index contributed by atoms with van der Waals surface area (Å²) in [5, 5.41) is 9.39. The number of thioether (sulfide) groups is 1. The summed E-state index contributed by atoms with van der Waals surface area (Å²) in [5.74, 6) is 0. The largest absolute Gasteiger partial charge is 0.433 e. The van der Waals surface area contributed by atoms with Crippen molar-refractivity contribution in [3.63, 3.8) is 0 Å². The summed E-state index contributed by atoms with van der Waals surface area (Å²) in [4.78, 5) is 3.59. The molecule has 1 fully saturated rings. The van der Waals surface area contributed by atoms with E-state index in [1.807, 2.05) is 6.07 Å². The number of nitrogens with zero attached hydrogens (tertiary/aromatic N) is 2. The van der Waals surface area contributed by atoms with Gasteiger partial charge in [-0.1, -0.05) is 12.8 Å². The second kappa shape index (κ2) is 5.19. The number of alkyl halides is 3. The molecule has 0 N–H and O–H groups in total. The van der Waals surface area contributed by atoms with E-state index in [9.17, 15) is 13.2 Å². The average Bonchev–Trinajstić information content (AvgIpc) is 2.80. The summed E-state index contributed by atoms with van der Waals surface area (Å²) in [6.07, 6.45) is -0.309. The molecule has 6 heteroatoms. The minimum absolute atomic E-state index is 0.208. The average molecular weight is 272 g/mol. The lowest BCUT2D eigenvalue weighted by Crippen LogP contribution is -2.09. The van der Waals surface area contributed by atoms with Crippen LogP contribution in [-0.2, 0) is 6.18 Å². The van der Waals surface area contributed by atoms with Gasteiger partial charge in [0.2, 0.25) is 0 Å². The van der Waals surface area contributed by atoms with Crippen molar-refractivity contribution in [1.82, 2.24) is 4.98 Å². The zero-order valence-corrected chi connectivity index (χ0v) is 10.3. The van der Waals surface area contributed by atoms with Crippen LogP contribution in [0.15, 0.2) is 17.2 Å². The Morgan fingerprint density at radius 3 is 2.50 bits per heavy atom. The lowest BCUT2D eigenvalue weighted by molar-refractivity contribution is -0.141. The van der Waals surface area contributed by atoms with Gasteiger partial charge in [0.1, 0.15) is 16.8 Å². The minimum Gasteiger partial charge on any atom is -0.236 e. The van der Waals surface area contributed by atoms with E-state index >= 15 is 0 Å². The second-order valence-electron chi connectivity index (χ2n) is 4.18. The van der Waals surface area contributed by atoms with Gasteiger partial charge < -0.3 is 0 Å². The Morgan fingerprint density at radius 2 is 1.94 bits per heavy atom. The fourth-order valence-electron chi connectivity index (χ4n) is 1.94. The monoisotopic (exact) mass is 272 g/mol. The quantitative estimate of drug-likeness (QED) is 0.816. The van der Waals surface area contributed by atoms with Crippen LogP contribution in [0.5, 0.6) is 0 Å². The molecule has 0 aliphatic heterocycles. The van der Waals surface area contributed by atoms with Crippen molar-refractivity contribution in [1.29, 1.82) is 5.26 Å². The van der Waals surface area contributed by atoms with Crippen molar-refractivity contribution >= 4 is 11.8 Å². The fourth-order valence-corrected chi connectivity index (χ4v) is 3.21. The lowest BCUT2D eigenvalue weighted by atomic mass is 10.2. The molecule has 0 radical (unpaired) electrons. The fraction of sp³-hybridized carbons (Fsp3) is 0.500. The van der Waals surface area contributed by atoms with E-state index in [-0.39, 0.29) is 15.8 Å². The highest BCUT2D eigenvalue weighted by Crippen LogP contribution is 2.37. The molecule has 1 heterocycles. The highest BCUT2D eigenvalue weighted by atomic mass is 32.2. The first kappa shape index (κ1) is 13.2. The Labute approximate surface area is 107 Å². The van der Waals surface area contributed by atoms with Gasteiger partial charge in [-0.2, -0.15) is 18.4 Å². The molecular formula is C12H11F3N2S. The van der Waals surface area contributed by atoms with Crippen molar-refractivity contribution in [2.24, 2.45) is 0 Å². The molecule has 0 unspecified atom stereocenters. The summed E-state index contributed by atoms with van der Waals surface area (Å²) in [5.41, 5.74) is -0.707. The summed E-state index contributed by atoms with van der Waals surface area (Å²) in [6, 6.07) is 3.96. The molecule has 1 aliphatic rings. The zero-order chi connectivity index (χ0) is 13.2. The molecule has 0 atom stereocenters. The van der Waals surface area contributed by atoms with Gasteiger partial charge in [0, 0.05) is 5.25 Å². The summed E-state index contributed by atoms with van der Waals surface area (Å²) in [7, 11) is 0. The van der Waals surface area contributed by atoms with Crippen LogP contribution in [0.2, 0.25) is 0 Å². The molecule has 2 rings (SSSR count). The molecular weight excluding hydrogens is 261 g/mol. The van der Waals surface area contributed by atoms with Crippen LogP contribution in [0.4, 0.5) is 13.2 Å². The van der Waals surface area contributed by atoms with Gasteiger partial charge in [0.05, 0.1) is 5.56 Å². The predicted molar refractivity (Wildman–Crippen MR) is 62.1 cm³/mol. The molecule has 0 aromatic carbocycles. The normalized spacial score (nSPS) is 16.8. The molecule has 1 saturated carbocycles. The van der Waals surface area contributed by atoms with Crippen LogP contribution >= 0.6 is 11.8 Å². The lowest BCUT2D eigenvalue weighted by Gasteiger charge is -2.12. The van der Waals surface area contributed by atoms with E-state index in [1.165, 1.54) is 17.8 Å². The Kier molecular flexibility index (Phi) is 3.81. The van der Waals surface area contributed by atoms with Gasteiger partial charge in [-0.3, -0.25) is 0 Å². The maximum Gasteiger partial charge on any atom is 0.433 e. The third-order valence-electron chi connectivity index (χ3n) is 2.85. The first-order valence-electron chi connectivity index (χ1n) is 5.65. The predicted octanol–water partition coefficient (Wildman–Crippen LogP) is 4.01. The molecule has 0 spiro atoms. The Morgan fingerprint density at radius 1 is 1.28 bits per heavy atom. The van der Waals surface area contributed by atoms with Gasteiger partial charge in [-0.25, -0.2) is 4.98 Å². The van der Waals surface area contributed by atoms with E-state index in [1.54, 1.807) is 0 Å². The molecule has 1 aromatic rings. The van der Waals surface area contributed by atoms with Crippen molar-refractivity contribution in [3.05, 3.63) is 23.4 Å². The number of hydrogen-bond acceptors (Lipinski definition) is 3. The number of halogens is 3. The van der Waals surface area contributed by atoms with Crippen LogP contribution in [0.3, 0.4) is 0 Å². The van der Waals surface area contributed by atoms with Gasteiger partial charge in [0.15, 0.2) is 0 Å². The van der Waals surface area contributed by atoms with Crippen LogP contribution in [-0.4, -0.2) is 10.2 Å². The van der Waals surface area contributed by atoms with Crippen LogP contribution in [0.25, 0.3) is 0 Å². The summed E-state index contributed by atoms with van der Waals surface area (Å²) in [6.45, 7) is 0. The smallest absolute Gasteiger partial charge is 0.236 e. The molecule has 2 nitrogen and oxygen atoms in total. The summed E-state index contributed by atoms with van der Waals surface area (Å²) >= 11 is 1.30. The van der Waals surface area contributed by atoms with E-state index in [0.717, 1.165) is 31.7 Å². The second-order valence-corrected chi connectivity index (χ2v) is 5.47. The van der Waals surface area contributed by atoms with Crippen molar-refractivity contribution in [3.8, 4) is 6.07 Å². The standard InChI is InChI=1S/C12H11F3N2S/c13-12(14,15)10-6-5-8(7-16)11(17-10)18-9-3-1-2-4-9/h5-6,9H,1-4H2. The molecule has 0 bridgehead atoms. The first-order valence-corrected chi connectivity index (χ1v) is 6.53. The highest BCUT2D eigenvalue weighted by molar-refractivity contribution is 7.99. The first-order chi connectivity index (χ1) is 8.50. The molecule has 1 aliphatic carbocycles. The van der Waals surface area contributed by atoms with Crippen LogP contribution < -0.4 is 0 Å². The van der Waals surface area contributed by atoms with Gasteiger partial charge >= 0.3 is 6.18 Å². The van der Waals surface area contributed by atoms with Gasteiger partial charge in [-0.05, 0) is 25.0 Å². The van der Waals surface area contributed by atoms with Gasteiger partial charge in [-0.15, -0.1) is 11.8 Å². The Hall–Kier alpha value is -1.22. The third kappa shape index (κ3) is 2.96. The molecule has 96 valence electrons. The number of rotatable bonds is 2. The van der Waals surface area contributed by atoms with Crippen LogP contribution in [0, 0.1) is 11.3 Å². The molecule has 0 saturated heterocycles. The number of aromatic nitrogens is 1. The minimum atomic E-state index is -4.46. The zero-order valence-electron chi connectivity index (χ0n) is 9.50. The van der Waals surface area contributed by atoms with E-state index < -0.39 is 11.9 Å². The molecule has 0 amide bonds. The Balaban J connectivity index is 2.28. The van der Waals surface area contributed by atoms with Crippen molar-refractivity contribution in [2.45, 2.75) is 42.1 Å². The number of hydrogen-bond donors (Lipinski definition) is 0. The van der Waals surface area contributed by atoms with Crippen molar-refractivity contribution < 1.29 is 13.2 Å². The van der Waals surface area contributed by atoms with Gasteiger partial charge in [0.25, 0.3) is 0 Å². The highest BCUT2D eigenvalue weighted by Gasteiger charge is 2.33. The van der Waals surface area contributed by atoms with Crippen molar-refractivity contribution in [2.75, 3.05) is 0 Å². The summed E-state index contributed by atoms with van der Waals surface area (Å²) < 4.78 is 37.7. The molecule has 18 heavy (non-hydrogen) atoms. The topological polar surface area (TPSA) is 36.7 Å². The number of nitriles is 1. The third-order valence-corrected chi connectivity index (χ3v) is 4.19. The molecule has 1 aromatic heterocycles. The van der Waals surface area contributed by atoms with E-state index in [2.05, 4.69) is 4.98 Å². The van der Waals surface area contributed by atoms with Crippen LogP contribution in [0.1, 0.15) is 36.9 Å². The maximum atomic E-state index is 12.6. The van der Waals surface area contributed by atoms with E-state index in [0.29, 0.717) is 0 Å². The Bertz CT molecular complexity index is 473. The van der Waals surface area contributed by atoms with E-state index in [4.69, 9.17) is 5.26 Å². The maximum absolute atomic E-state index is 12.6. The number of pyridine rings is 1.